The molecule has 3 N–H and O–H groups in total. The first-order chi connectivity index (χ1) is 19.2. The van der Waals surface area contributed by atoms with E-state index in [9.17, 15) is 14.7 Å². The highest BCUT2D eigenvalue weighted by molar-refractivity contribution is 5.78. The standard InChI is InChI=1S/C33H66N2O4/c1-3-5-7-9-11-13-15-17-18-20-22-24-26-28-32(37)35-34-31(30-36)33(38)39-29-27-25-23-21-19-16-14-12-10-8-6-4-2/h31,34,36H,3-30H2,1-2H3,(H,35,37)/t31-/m0/s1. The number of hydrogen-bond acceptors (Lipinski definition) is 5. The molecule has 0 aliphatic heterocycles. The number of nitrogens with one attached hydrogen (secondary N) is 2. The summed E-state index contributed by atoms with van der Waals surface area (Å²) in [6.45, 7) is 4.47. The van der Waals surface area contributed by atoms with Crippen molar-refractivity contribution in [3.8, 4) is 0 Å². The Kier molecular flexibility index (Phi) is 30.5. The van der Waals surface area contributed by atoms with Crippen molar-refractivity contribution in [3.63, 3.8) is 0 Å². The van der Waals surface area contributed by atoms with Gasteiger partial charge in [-0.05, 0) is 12.8 Å². The van der Waals surface area contributed by atoms with Crippen LogP contribution in [0.2, 0.25) is 0 Å². The molecule has 0 spiro atoms. The van der Waals surface area contributed by atoms with E-state index in [1.807, 2.05) is 0 Å². The average molecular weight is 555 g/mol. The van der Waals surface area contributed by atoms with Crippen LogP contribution in [-0.4, -0.2) is 36.2 Å². The lowest BCUT2D eigenvalue weighted by Gasteiger charge is -2.16. The van der Waals surface area contributed by atoms with Gasteiger partial charge in [0.15, 0.2) is 0 Å². The van der Waals surface area contributed by atoms with Crippen molar-refractivity contribution >= 4 is 11.9 Å². The maximum absolute atomic E-state index is 12.2. The van der Waals surface area contributed by atoms with Crippen molar-refractivity contribution in [1.29, 1.82) is 0 Å². The fourth-order valence-corrected chi connectivity index (χ4v) is 4.93. The van der Waals surface area contributed by atoms with Crippen molar-refractivity contribution in [1.82, 2.24) is 10.9 Å². The van der Waals surface area contributed by atoms with E-state index in [1.165, 1.54) is 135 Å². The first-order valence-corrected chi connectivity index (χ1v) is 17.0. The molecule has 0 radical (unpaired) electrons. The van der Waals surface area contributed by atoms with Gasteiger partial charge >= 0.3 is 5.97 Å². The molecule has 0 unspecified atom stereocenters. The molecule has 0 saturated heterocycles. The minimum Gasteiger partial charge on any atom is -0.464 e. The van der Waals surface area contributed by atoms with Gasteiger partial charge in [0.1, 0.15) is 6.04 Å². The predicted octanol–water partition coefficient (Wildman–Crippen LogP) is 8.69. The highest BCUT2D eigenvalue weighted by Crippen LogP contribution is 2.13. The Labute approximate surface area is 242 Å². The predicted molar refractivity (Wildman–Crippen MR) is 165 cm³/mol. The highest BCUT2D eigenvalue weighted by atomic mass is 16.5. The van der Waals surface area contributed by atoms with Gasteiger partial charge in [0.25, 0.3) is 0 Å². The van der Waals surface area contributed by atoms with Crippen molar-refractivity contribution < 1.29 is 19.4 Å². The van der Waals surface area contributed by atoms with Crippen LogP contribution in [0, 0.1) is 0 Å². The molecule has 39 heavy (non-hydrogen) atoms. The number of hydrogen-bond donors (Lipinski definition) is 3. The summed E-state index contributed by atoms with van der Waals surface area (Å²) >= 11 is 0. The van der Waals surface area contributed by atoms with E-state index >= 15 is 0 Å². The van der Waals surface area contributed by atoms with Crippen LogP contribution < -0.4 is 10.9 Å². The molecule has 6 heteroatoms. The van der Waals surface area contributed by atoms with E-state index < -0.39 is 18.6 Å². The zero-order chi connectivity index (χ0) is 28.7. The van der Waals surface area contributed by atoms with Crippen molar-refractivity contribution in [2.75, 3.05) is 13.2 Å². The average Bonchev–Trinajstić information content (AvgIpc) is 2.94. The summed E-state index contributed by atoms with van der Waals surface area (Å²) < 4.78 is 5.29. The second-order valence-electron chi connectivity index (χ2n) is 11.5. The van der Waals surface area contributed by atoms with Crippen LogP contribution in [0.4, 0.5) is 0 Å². The number of amides is 1. The molecule has 6 nitrogen and oxygen atoms in total. The Hall–Kier alpha value is -1.14. The number of aliphatic hydroxyl groups is 1. The van der Waals surface area contributed by atoms with Gasteiger partial charge in [0.2, 0.25) is 5.91 Å². The lowest BCUT2D eigenvalue weighted by Crippen LogP contribution is -2.50. The smallest absolute Gasteiger partial charge is 0.327 e. The van der Waals surface area contributed by atoms with Crippen molar-refractivity contribution in [3.05, 3.63) is 0 Å². The number of carbonyl (C=O) groups is 2. The number of esters is 1. The van der Waals surface area contributed by atoms with Gasteiger partial charge in [-0.25, -0.2) is 5.43 Å². The van der Waals surface area contributed by atoms with Gasteiger partial charge in [0, 0.05) is 6.42 Å². The van der Waals surface area contributed by atoms with Crippen LogP contribution in [0.3, 0.4) is 0 Å². The quantitative estimate of drug-likeness (QED) is 0.0453. The van der Waals surface area contributed by atoms with Crippen LogP contribution in [0.25, 0.3) is 0 Å². The molecule has 0 saturated carbocycles. The SMILES string of the molecule is CCCCCCCCCCCCCCCC(=O)NN[C@@H](CO)C(=O)OCCCCCCCCCCCCCC. The molecule has 0 aromatic carbocycles. The minimum atomic E-state index is -0.919. The van der Waals surface area contributed by atoms with Crippen LogP contribution in [0.15, 0.2) is 0 Å². The molecule has 0 rings (SSSR count). The Balaban J connectivity index is 3.54. The van der Waals surface area contributed by atoms with Gasteiger partial charge in [0.05, 0.1) is 13.2 Å². The third-order valence-corrected chi connectivity index (χ3v) is 7.60. The summed E-state index contributed by atoms with van der Waals surface area (Å²) in [5, 5.41) is 9.50. The molecular formula is C33H66N2O4. The van der Waals surface area contributed by atoms with Crippen LogP contribution in [0.1, 0.15) is 181 Å². The second-order valence-corrected chi connectivity index (χ2v) is 11.5. The van der Waals surface area contributed by atoms with Crippen LogP contribution >= 0.6 is 0 Å². The van der Waals surface area contributed by atoms with Gasteiger partial charge in [-0.3, -0.25) is 15.0 Å². The van der Waals surface area contributed by atoms with E-state index in [0.717, 1.165) is 25.7 Å². The number of unbranched alkanes of at least 4 members (excludes halogenated alkanes) is 23. The first-order valence-electron chi connectivity index (χ1n) is 17.0. The fraction of sp³-hybridized carbons (Fsp3) is 0.939. The third-order valence-electron chi connectivity index (χ3n) is 7.60. The zero-order valence-corrected chi connectivity index (χ0v) is 26.0. The molecular weight excluding hydrogens is 488 g/mol. The molecule has 0 aliphatic carbocycles. The zero-order valence-electron chi connectivity index (χ0n) is 26.0. The normalized spacial score (nSPS) is 12.0. The topological polar surface area (TPSA) is 87.7 Å². The maximum Gasteiger partial charge on any atom is 0.327 e. The maximum atomic E-state index is 12.2. The lowest BCUT2D eigenvalue weighted by molar-refractivity contribution is -0.148. The minimum absolute atomic E-state index is 0.148. The van der Waals surface area contributed by atoms with Crippen LogP contribution in [-0.2, 0) is 14.3 Å². The molecule has 0 heterocycles. The Bertz CT molecular complexity index is 530. The summed E-state index contributed by atoms with van der Waals surface area (Å²) in [7, 11) is 0. The van der Waals surface area contributed by atoms with Gasteiger partial charge in [-0.1, -0.05) is 162 Å². The molecule has 0 aromatic heterocycles. The third kappa shape index (κ3) is 28.2. The van der Waals surface area contributed by atoms with E-state index in [4.69, 9.17) is 4.74 Å². The van der Waals surface area contributed by atoms with Crippen molar-refractivity contribution in [2.24, 2.45) is 0 Å². The molecule has 1 amide bonds. The van der Waals surface area contributed by atoms with Gasteiger partial charge < -0.3 is 9.84 Å². The van der Waals surface area contributed by atoms with Crippen LogP contribution in [0.5, 0.6) is 0 Å². The largest absolute Gasteiger partial charge is 0.464 e. The molecule has 0 fully saturated rings. The van der Waals surface area contributed by atoms with Gasteiger partial charge in [-0.15, -0.1) is 0 Å². The van der Waals surface area contributed by atoms with Crippen molar-refractivity contribution in [2.45, 2.75) is 187 Å². The molecule has 232 valence electrons. The Morgan fingerprint density at radius 2 is 0.923 bits per heavy atom. The molecule has 1 atom stereocenters. The number of ether oxygens (including phenoxy) is 1. The summed E-state index contributed by atoms with van der Waals surface area (Å²) in [6.07, 6.45) is 32.0. The molecule has 0 aromatic rings. The summed E-state index contributed by atoms with van der Waals surface area (Å²) in [6, 6.07) is -0.919. The Morgan fingerprint density at radius 1 is 0.564 bits per heavy atom. The van der Waals surface area contributed by atoms with Gasteiger partial charge in [-0.2, -0.15) is 0 Å². The summed E-state index contributed by atoms with van der Waals surface area (Å²) in [5.41, 5.74) is 5.20. The summed E-state index contributed by atoms with van der Waals surface area (Å²) in [5.74, 6) is -0.660. The number of aliphatic hydroxyl groups excluding tert-OH is 1. The van der Waals surface area contributed by atoms with E-state index in [2.05, 4.69) is 24.7 Å². The number of hydrazine groups is 1. The van der Waals surface area contributed by atoms with E-state index in [1.54, 1.807) is 0 Å². The Morgan fingerprint density at radius 3 is 1.31 bits per heavy atom. The monoisotopic (exact) mass is 555 g/mol. The lowest BCUT2D eigenvalue weighted by atomic mass is 10.0. The van der Waals surface area contributed by atoms with E-state index in [0.29, 0.717) is 13.0 Å². The fourth-order valence-electron chi connectivity index (χ4n) is 4.93. The first kappa shape index (κ1) is 37.9. The number of carbonyl (C=O) groups excluding carboxylic acids is 2. The summed E-state index contributed by atoms with van der Waals surface area (Å²) in [4.78, 5) is 24.2. The second kappa shape index (κ2) is 31.4. The number of rotatable bonds is 31. The molecule has 0 bridgehead atoms. The van der Waals surface area contributed by atoms with E-state index in [-0.39, 0.29) is 5.91 Å². The highest BCUT2D eigenvalue weighted by Gasteiger charge is 2.19. The molecule has 0 aliphatic rings.